The fourth-order valence-electron chi connectivity index (χ4n) is 2.39. The van der Waals surface area contributed by atoms with E-state index in [-0.39, 0.29) is 6.61 Å². The number of nitrogens with one attached hydrogen (secondary N) is 1. The first-order valence-corrected chi connectivity index (χ1v) is 10.0. The van der Waals surface area contributed by atoms with E-state index in [2.05, 4.69) is 26.5 Å². The molecule has 1 amide bonds. The Morgan fingerprint density at radius 1 is 1.16 bits per heavy atom. The Morgan fingerprint density at radius 2 is 1.97 bits per heavy atom. The number of aryl methyl sites for hydroxylation is 1. The number of hydrogen-bond donors (Lipinski definition) is 1. The van der Waals surface area contributed by atoms with Crippen LogP contribution in [0.2, 0.25) is 0 Å². The summed E-state index contributed by atoms with van der Waals surface area (Å²) in [6.45, 7) is 1.80. The summed E-state index contributed by atoms with van der Waals surface area (Å²) in [5.41, 5.74) is 4.19. The van der Waals surface area contributed by atoms with Crippen LogP contribution in [0.4, 0.5) is 0 Å². The van der Waals surface area contributed by atoms with Gasteiger partial charge in [0.15, 0.2) is 6.61 Å². The quantitative estimate of drug-likeness (QED) is 0.168. The van der Waals surface area contributed by atoms with Crippen molar-refractivity contribution in [2.45, 2.75) is 6.92 Å². The van der Waals surface area contributed by atoms with Crippen molar-refractivity contribution in [3.8, 4) is 11.5 Å². The molecule has 0 aliphatic heterocycles. The molecule has 8 heteroatoms. The Hall–Kier alpha value is -3.65. The molecule has 158 valence electrons. The molecule has 0 unspecified atom stereocenters. The normalized spacial score (nSPS) is 11.0. The number of carbonyl (C=O) groups excluding carboxylic acids is 2. The molecule has 1 aromatic heterocycles. The van der Waals surface area contributed by atoms with Gasteiger partial charge in [-0.1, -0.05) is 6.07 Å². The zero-order valence-electron chi connectivity index (χ0n) is 16.6. The van der Waals surface area contributed by atoms with Crippen molar-refractivity contribution >= 4 is 40.1 Å². The molecule has 0 aliphatic rings. The van der Waals surface area contributed by atoms with Gasteiger partial charge in [0.25, 0.3) is 5.91 Å². The lowest BCUT2D eigenvalue weighted by Crippen LogP contribution is -2.24. The van der Waals surface area contributed by atoms with Gasteiger partial charge >= 0.3 is 5.97 Å². The minimum absolute atomic E-state index is 0.167. The van der Waals surface area contributed by atoms with Crippen molar-refractivity contribution in [1.82, 2.24) is 5.43 Å². The molecule has 3 rings (SSSR count). The van der Waals surface area contributed by atoms with E-state index in [0.29, 0.717) is 22.8 Å². The molecule has 0 spiro atoms. The number of hydrazone groups is 1. The number of rotatable bonds is 8. The van der Waals surface area contributed by atoms with Gasteiger partial charge in [0, 0.05) is 6.08 Å². The number of hydrogen-bond acceptors (Lipinski definition) is 6. The Balaban J connectivity index is 1.43. The fourth-order valence-corrected chi connectivity index (χ4v) is 2.99. The molecule has 1 N–H and O–H groups in total. The second-order valence-corrected chi connectivity index (χ2v) is 7.21. The second kappa shape index (κ2) is 10.9. The van der Waals surface area contributed by atoms with Crippen LogP contribution in [0.5, 0.6) is 11.5 Å². The van der Waals surface area contributed by atoms with Crippen LogP contribution < -0.4 is 14.9 Å². The molecular weight excluding hydrogens is 464 g/mol. The molecule has 0 bridgehead atoms. The largest absolute Gasteiger partial charge is 0.483 e. The Labute approximate surface area is 187 Å². The summed E-state index contributed by atoms with van der Waals surface area (Å²) in [6.07, 6.45) is 5.79. The van der Waals surface area contributed by atoms with Crippen LogP contribution >= 0.6 is 15.9 Å². The van der Waals surface area contributed by atoms with Crippen molar-refractivity contribution in [2.75, 3.05) is 6.61 Å². The number of halogens is 1. The zero-order chi connectivity index (χ0) is 22.1. The van der Waals surface area contributed by atoms with Crippen molar-refractivity contribution in [3.63, 3.8) is 0 Å². The highest BCUT2D eigenvalue weighted by molar-refractivity contribution is 9.10. The van der Waals surface area contributed by atoms with Crippen molar-refractivity contribution in [3.05, 3.63) is 88.3 Å². The third-order valence-electron chi connectivity index (χ3n) is 3.87. The maximum atomic E-state index is 11.9. The Bertz CT molecular complexity index is 1090. The van der Waals surface area contributed by atoms with E-state index in [1.165, 1.54) is 24.6 Å². The molecule has 0 radical (unpaired) electrons. The highest BCUT2D eigenvalue weighted by Crippen LogP contribution is 2.25. The van der Waals surface area contributed by atoms with Gasteiger partial charge in [0.05, 0.1) is 17.0 Å². The topological polar surface area (TPSA) is 90.1 Å². The second-order valence-electron chi connectivity index (χ2n) is 6.35. The number of nitrogens with zero attached hydrogens (tertiary/aromatic N) is 1. The van der Waals surface area contributed by atoms with Gasteiger partial charge in [0.2, 0.25) is 0 Å². The van der Waals surface area contributed by atoms with E-state index in [0.717, 1.165) is 10.0 Å². The highest BCUT2D eigenvalue weighted by atomic mass is 79.9. The van der Waals surface area contributed by atoms with Crippen LogP contribution in [0.1, 0.15) is 16.9 Å². The Morgan fingerprint density at radius 3 is 2.68 bits per heavy atom. The van der Waals surface area contributed by atoms with Crippen molar-refractivity contribution in [1.29, 1.82) is 0 Å². The number of furan rings is 1. The minimum Gasteiger partial charge on any atom is -0.483 e. The van der Waals surface area contributed by atoms with E-state index in [4.69, 9.17) is 13.9 Å². The van der Waals surface area contributed by atoms with Gasteiger partial charge < -0.3 is 13.9 Å². The Kier molecular flexibility index (Phi) is 7.78. The van der Waals surface area contributed by atoms with Crippen LogP contribution in [-0.2, 0) is 9.59 Å². The number of benzene rings is 2. The van der Waals surface area contributed by atoms with E-state index < -0.39 is 11.9 Å². The van der Waals surface area contributed by atoms with Crippen molar-refractivity contribution < 1.29 is 23.5 Å². The predicted molar refractivity (Wildman–Crippen MR) is 120 cm³/mol. The zero-order valence-corrected chi connectivity index (χ0v) is 18.2. The van der Waals surface area contributed by atoms with Crippen LogP contribution in [-0.4, -0.2) is 24.7 Å². The number of amides is 1. The molecule has 3 aromatic rings. The average Bonchev–Trinajstić information content (AvgIpc) is 3.27. The average molecular weight is 483 g/mol. The van der Waals surface area contributed by atoms with E-state index in [1.54, 1.807) is 42.5 Å². The lowest BCUT2D eigenvalue weighted by Gasteiger charge is -2.07. The van der Waals surface area contributed by atoms with Gasteiger partial charge in [-0.05, 0) is 88.6 Å². The summed E-state index contributed by atoms with van der Waals surface area (Å²) in [5.74, 6) is 0.603. The summed E-state index contributed by atoms with van der Waals surface area (Å²) in [7, 11) is 0. The first-order chi connectivity index (χ1) is 15.0. The fraction of sp³-hybridized carbons (Fsp3) is 0.0870. The molecule has 0 fully saturated rings. The lowest BCUT2D eigenvalue weighted by atomic mass is 10.2. The first kappa shape index (κ1) is 22.0. The summed E-state index contributed by atoms with van der Waals surface area (Å²) in [4.78, 5) is 23.7. The predicted octanol–water partition coefficient (Wildman–Crippen LogP) is 4.50. The molecule has 2 aromatic carbocycles. The lowest BCUT2D eigenvalue weighted by molar-refractivity contribution is -0.129. The standard InChI is InChI=1S/C23H19BrN2O5/c1-16-4-10-21(20(24)13-16)30-15-22(27)26-25-14-17-5-7-19(8-6-17)31-23(28)11-9-18-3-2-12-29-18/h2-14H,15H2,1H3,(H,26,27)/b11-9-,25-14?. The molecule has 31 heavy (non-hydrogen) atoms. The molecule has 0 saturated heterocycles. The van der Waals surface area contributed by atoms with Crippen LogP contribution in [0.15, 0.2) is 80.9 Å². The summed E-state index contributed by atoms with van der Waals surface area (Å²) in [5, 5.41) is 3.89. The maximum Gasteiger partial charge on any atom is 0.336 e. The highest BCUT2D eigenvalue weighted by Gasteiger charge is 2.05. The molecule has 0 aliphatic carbocycles. The van der Waals surface area contributed by atoms with Gasteiger partial charge in [-0.15, -0.1) is 0 Å². The third-order valence-corrected chi connectivity index (χ3v) is 4.49. The van der Waals surface area contributed by atoms with E-state index in [1.807, 2.05) is 19.1 Å². The molecule has 7 nitrogen and oxygen atoms in total. The van der Waals surface area contributed by atoms with Gasteiger partial charge in [-0.2, -0.15) is 5.10 Å². The van der Waals surface area contributed by atoms with Gasteiger partial charge in [-0.3, -0.25) is 4.79 Å². The van der Waals surface area contributed by atoms with Crippen molar-refractivity contribution in [2.24, 2.45) is 5.10 Å². The third kappa shape index (κ3) is 7.27. The molecule has 0 atom stereocenters. The number of esters is 1. The monoisotopic (exact) mass is 482 g/mol. The minimum atomic E-state index is -0.523. The van der Waals surface area contributed by atoms with Crippen LogP contribution in [0, 0.1) is 6.92 Å². The maximum absolute atomic E-state index is 11.9. The number of carbonyl (C=O) groups is 2. The van der Waals surface area contributed by atoms with Gasteiger partial charge in [-0.25, -0.2) is 10.2 Å². The first-order valence-electron chi connectivity index (χ1n) is 9.24. The van der Waals surface area contributed by atoms with E-state index in [9.17, 15) is 9.59 Å². The van der Waals surface area contributed by atoms with Crippen LogP contribution in [0.25, 0.3) is 6.08 Å². The SMILES string of the molecule is Cc1ccc(OCC(=O)NN=Cc2ccc(OC(=O)/C=C\c3ccco3)cc2)c(Br)c1. The van der Waals surface area contributed by atoms with E-state index >= 15 is 0 Å². The van der Waals surface area contributed by atoms with Crippen LogP contribution in [0.3, 0.4) is 0 Å². The van der Waals surface area contributed by atoms with Gasteiger partial charge in [0.1, 0.15) is 17.3 Å². The molecule has 1 heterocycles. The summed E-state index contributed by atoms with van der Waals surface area (Å²) >= 11 is 3.39. The molecule has 0 saturated carbocycles. The summed E-state index contributed by atoms with van der Waals surface area (Å²) < 4.78 is 16.5. The number of ether oxygens (including phenoxy) is 2. The molecular formula is C23H19BrN2O5. The smallest absolute Gasteiger partial charge is 0.336 e. The summed E-state index contributed by atoms with van der Waals surface area (Å²) in [6, 6.07) is 15.7.